The number of aromatic amines is 1. The predicted octanol–water partition coefficient (Wildman–Crippen LogP) is 2.91. The molecule has 1 aliphatic heterocycles. The first kappa shape index (κ1) is 13.0. The molecule has 1 N–H and O–H groups in total. The highest BCUT2D eigenvalue weighted by Crippen LogP contribution is 2.30. The van der Waals surface area contributed by atoms with Crippen LogP contribution in [0.4, 0.5) is 0 Å². The topological polar surface area (TPSA) is 59.9 Å². The van der Waals surface area contributed by atoms with Gasteiger partial charge in [0.1, 0.15) is 0 Å². The molecule has 6 heteroatoms. The highest BCUT2D eigenvalue weighted by molar-refractivity contribution is 9.10. The zero-order chi connectivity index (χ0) is 14.6. The molecule has 0 unspecified atom stereocenters. The Kier molecular flexibility index (Phi) is 2.90. The van der Waals surface area contributed by atoms with Crippen molar-refractivity contribution in [2.45, 2.75) is 19.4 Å². The van der Waals surface area contributed by atoms with Gasteiger partial charge >= 0.3 is 0 Å². The maximum absolute atomic E-state index is 12.3. The van der Waals surface area contributed by atoms with Gasteiger partial charge in [0.05, 0.1) is 35.3 Å². The summed E-state index contributed by atoms with van der Waals surface area (Å²) in [5, 5.41) is 6.08. The molecular weight excluding hydrogens is 334 g/mol. The molecule has 5 nitrogen and oxygen atoms in total. The van der Waals surface area contributed by atoms with E-state index in [4.69, 9.17) is 4.74 Å². The summed E-state index contributed by atoms with van der Waals surface area (Å²) in [4.78, 5) is 15.2. The molecule has 3 heterocycles. The van der Waals surface area contributed by atoms with Crippen molar-refractivity contribution in [3.63, 3.8) is 0 Å². The molecule has 108 valence electrons. The van der Waals surface area contributed by atoms with Crippen molar-refractivity contribution in [1.82, 2.24) is 14.8 Å². The summed E-state index contributed by atoms with van der Waals surface area (Å²) in [6.07, 6.45) is 2.58. The summed E-state index contributed by atoms with van der Waals surface area (Å²) in [7, 11) is 0. The van der Waals surface area contributed by atoms with Crippen LogP contribution in [0.1, 0.15) is 18.0 Å². The van der Waals surface area contributed by atoms with Gasteiger partial charge in [-0.15, -0.1) is 0 Å². The van der Waals surface area contributed by atoms with E-state index in [0.717, 1.165) is 39.5 Å². The highest BCUT2D eigenvalue weighted by Gasteiger charge is 2.22. The number of hydrogen-bond acceptors (Lipinski definition) is 3. The molecule has 4 rings (SSSR count). The van der Waals surface area contributed by atoms with Gasteiger partial charge in [0.2, 0.25) is 0 Å². The van der Waals surface area contributed by atoms with E-state index in [-0.39, 0.29) is 11.6 Å². The van der Waals surface area contributed by atoms with E-state index in [9.17, 15) is 4.79 Å². The van der Waals surface area contributed by atoms with E-state index >= 15 is 0 Å². The van der Waals surface area contributed by atoms with Crippen molar-refractivity contribution < 1.29 is 4.74 Å². The van der Waals surface area contributed by atoms with Gasteiger partial charge in [-0.25, -0.2) is 0 Å². The molecule has 0 radical (unpaired) electrons. The average Bonchev–Trinajstić information content (AvgIpc) is 3.09. The number of fused-ring (bicyclic) bond motifs is 3. The van der Waals surface area contributed by atoms with Gasteiger partial charge in [0, 0.05) is 16.5 Å². The molecular formula is C15H14BrN3O2. The third kappa shape index (κ3) is 1.93. The zero-order valence-electron chi connectivity index (χ0n) is 11.5. The SMILES string of the molecule is Cc1cc2[nH]c(=O)c3cnn([C@@H]4CCOC4)c3c2cc1Br. The lowest BCUT2D eigenvalue weighted by atomic mass is 10.1. The number of ether oxygens (including phenoxy) is 1. The number of H-pyrrole nitrogens is 1. The molecule has 21 heavy (non-hydrogen) atoms. The van der Waals surface area contributed by atoms with E-state index in [1.54, 1.807) is 6.20 Å². The standard InChI is InChI=1S/C15H14BrN3O2/c1-8-4-13-10(5-12(8)16)14-11(15(20)18-13)6-17-19(14)9-2-3-21-7-9/h4-6,9H,2-3,7H2,1H3,(H,18,20)/t9-/m1/s1. The summed E-state index contributed by atoms with van der Waals surface area (Å²) in [5.74, 6) is 0. The number of aromatic nitrogens is 3. The summed E-state index contributed by atoms with van der Waals surface area (Å²) in [6, 6.07) is 4.24. The molecule has 1 aromatic carbocycles. The van der Waals surface area contributed by atoms with Crippen LogP contribution in [-0.2, 0) is 4.74 Å². The smallest absolute Gasteiger partial charge is 0.259 e. The fraction of sp³-hybridized carbons (Fsp3) is 0.333. The summed E-state index contributed by atoms with van der Waals surface area (Å²) < 4.78 is 8.43. The molecule has 0 amide bonds. The number of pyridine rings is 1. The van der Waals surface area contributed by atoms with Gasteiger partial charge in [-0.2, -0.15) is 5.10 Å². The number of nitrogens with one attached hydrogen (secondary N) is 1. The minimum atomic E-state index is -0.0932. The molecule has 0 spiro atoms. The van der Waals surface area contributed by atoms with Crippen molar-refractivity contribution >= 4 is 37.7 Å². The second-order valence-electron chi connectivity index (χ2n) is 5.47. The molecule has 2 aromatic heterocycles. The lowest BCUT2D eigenvalue weighted by Crippen LogP contribution is -2.12. The van der Waals surface area contributed by atoms with Gasteiger partial charge in [0.15, 0.2) is 0 Å². The van der Waals surface area contributed by atoms with Crippen molar-refractivity contribution in [3.05, 3.63) is 38.7 Å². The first-order chi connectivity index (χ1) is 10.1. The van der Waals surface area contributed by atoms with Gasteiger partial charge < -0.3 is 9.72 Å². The Morgan fingerprint density at radius 3 is 3.05 bits per heavy atom. The highest BCUT2D eigenvalue weighted by atomic mass is 79.9. The largest absolute Gasteiger partial charge is 0.379 e. The van der Waals surface area contributed by atoms with E-state index < -0.39 is 0 Å². The molecule has 1 aliphatic rings. The Bertz CT molecular complexity index is 907. The molecule has 1 fully saturated rings. The van der Waals surface area contributed by atoms with Gasteiger partial charge in [-0.3, -0.25) is 9.48 Å². The van der Waals surface area contributed by atoms with Crippen molar-refractivity contribution in [2.24, 2.45) is 0 Å². The molecule has 3 aromatic rings. The lowest BCUT2D eigenvalue weighted by Gasteiger charge is -2.12. The van der Waals surface area contributed by atoms with Crippen molar-refractivity contribution in [1.29, 1.82) is 0 Å². The van der Waals surface area contributed by atoms with Gasteiger partial charge in [0.25, 0.3) is 5.56 Å². The third-order valence-corrected chi connectivity index (χ3v) is 4.95. The molecule has 0 saturated carbocycles. The van der Waals surface area contributed by atoms with Crippen LogP contribution in [0.2, 0.25) is 0 Å². The third-order valence-electron chi connectivity index (χ3n) is 4.09. The van der Waals surface area contributed by atoms with E-state index in [1.165, 1.54) is 0 Å². The summed E-state index contributed by atoms with van der Waals surface area (Å²) in [6.45, 7) is 3.40. The Hall–Kier alpha value is -1.66. The normalized spacial score (nSPS) is 18.9. The van der Waals surface area contributed by atoms with Crippen LogP contribution in [-0.4, -0.2) is 28.0 Å². The van der Waals surface area contributed by atoms with E-state index in [2.05, 4.69) is 32.1 Å². The number of hydrogen-bond donors (Lipinski definition) is 1. The Balaban J connectivity index is 2.13. The predicted molar refractivity (Wildman–Crippen MR) is 84.8 cm³/mol. The van der Waals surface area contributed by atoms with Crippen molar-refractivity contribution in [2.75, 3.05) is 13.2 Å². The Morgan fingerprint density at radius 1 is 1.43 bits per heavy atom. The number of benzene rings is 1. The van der Waals surface area contributed by atoms with Gasteiger partial charge in [-0.05, 0) is 31.0 Å². The second-order valence-corrected chi connectivity index (χ2v) is 6.32. The summed E-state index contributed by atoms with van der Waals surface area (Å²) in [5.41, 5.74) is 2.73. The first-order valence-electron chi connectivity index (χ1n) is 6.92. The minimum Gasteiger partial charge on any atom is -0.379 e. The van der Waals surface area contributed by atoms with Crippen LogP contribution in [0, 0.1) is 6.92 Å². The zero-order valence-corrected chi connectivity index (χ0v) is 13.1. The van der Waals surface area contributed by atoms with Gasteiger partial charge in [-0.1, -0.05) is 15.9 Å². The van der Waals surface area contributed by atoms with Crippen LogP contribution >= 0.6 is 15.9 Å². The molecule has 0 bridgehead atoms. The van der Waals surface area contributed by atoms with Crippen molar-refractivity contribution in [3.8, 4) is 0 Å². The monoisotopic (exact) mass is 347 g/mol. The maximum Gasteiger partial charge on any atom is 0.259 e. The Labute approximate surface area is 129 Å². The number of aryl methyl sites for hydroxylation is 1. The van der Waals surface area contributed by atoms with Crippen LogP contribution in [0.15, 0.2) is 27.6 Å². The molecule has 1 atom stereocenters. The number of nitrogens with zero attached hydrogens (tertiary/aromatic N) is 2. The fourth-order valence-electron chi connectivity index (χ4n) is 2.96. The van der Waals surface area contributed by atoms with Crippen LogP contribution in [0.5, 0.6) is 0 Å². The Morgan fingerprint density at radius 2 is 2.29 bits per heavy atom. The fourth-order valence-corrected chi connectivity index (χ4v) is 3.30. The van der Waals surface area contributed by atoms with Crippen LogP contribution < -0.4 is 5.56 Å². The second kappa shape index (κ2) is 4.68. The lowest BCUT2D eigenvalue weighted by molar-refractivity contribution is 0.185. The molecule has 1 saturated heterocycles. The number of halogens is 1. The number of rotatable bonds is 1. The minimum absolute atomic E-state index is 0.0932. The van der Waals surface area contributed by atoms with E-state index in [1.807, 2.05) is 17.7 Å². The quantitative estimate of drug-likeness (QED) is 0.736. The van der Waals surface area contributed by atoms with Crippen LogP contribution in [0.3, 0.4) is 0 Å². The molecule has 0 aliphatic carbocycles. The summed E-state index contributed by atoms with van der Waals surface area (Å²) >= 11 is 3.57. The first-order valence-corrected chi connectivity index (χ1v) is 7.71. The maximum atomic E-state index is 12.3. The van der Waals surface area contributed by atoms with Crippen LogP contribution in [0.25, 0.3) is 21.8 Å². The average molecular weight is 348 g/mol. The van der Waals surface area contributed by atoms with E-state index in [0.29, 0.717) is 12.0 Å².